The molecule has 4 heterocycles. The van der Waals surface area contributed by atoms with E-state index in [4.69, 9.17) is 0 Å². The van der Waals surface area contributed by atoms with Crippen LogP contribution in [0.25, 0.3) is 11.3 Å². The lowest BCUT2D eigenvalue weighted by molar-refractivity contribution is 0.0566. The highest BCUT2D eigenvalue weighted by Gasteiger charge is 2.34. The SMILES string of the molecule is Cc1c(C(=O)O)cc(-c2cc3c(cc2C(=O)N2Cc4ccccc4C[C@H]2CN2CCCCC2)CNCC3)n1C. The molecule has 2 N–H and O–H groups in total. The molecule has 0 saturated carbocycles. The van der Waals surface area contributed by atoms with Crippen molar-refractivity contribution in [3.63, 3.8) is 0 Å². The summed E-state index contributed by atoms with van der Waals surface area (Å²) in [5, 5.41) is 13.3. The van der Waals surface area contributed by atoms with E-state index >= 15 is 0 Å². The van der Waals surface area contributed by atoms with Gasteiger partial charge in [-0.3, -0.25) is 4.79 Å². The first-order valence-corrected chi connectivity index (χ1v) is 14.3. The van der Waals surface area contributed by atoms with E-state index in [1.54, 1.807) is 6.07 Å². The van der Waals surface area contributed by atoms with Crippen LogP contribution in [0.1, 0.15) is 67.9 Å². The largest absolute Gasteiger partial charge is 0.478 e. The number of fused-ring (bicyclic) bond motifs is 2. The summed E-state index contributed by atoms with van der Waals surface area (Å²) in [7, 11) is 1.89. The van der Waals surface area contributed by atoms with E-state index in [2.05, 4.69) is 51.5 Å². The number of aromatic carboxylic acids is 1. The van der Waals surface area contributed by atoms with Crippen LogP contribution in [-0.2, 0) is 33.0 Å². The Labute approximate surface area is 230 Å². The Morgan fingerprint density at radius 1 is 0.974 bits per heavy atom. The molecule has 3 aliphatic heterocycles. The van der Waals surface area contributed by atoms with Crippen LogP contribution in [0.4, 0.5) is 0 Å². The number of nitrogens with zero attached hydrogens (tertiary/aromatic N) is 3. The van der Waals surface area contributed by atoms with Gasteiger partial charge < -0.3 is 24.8 Å². The number of rotatable bonds is 5. The third kappa shape index (κ3) is 4.90. The lowest BCUT2D eigenvalue weighted by Crippen LogP contribution is -2.51. The Hall–Kier alpha value is -3.42. The van der Waals surface area contributed by atoms with Gasteiger partial charge >= 0.3 is 5.97 Å². The van der Waals surface area contributed by atoms with Crippen molar-refractivity contribution >= 4 is 11.9 Å². The van der Waals surface area contributed by atoms with Crippen molar-refractivity contribution in [3.8, 4) is 11.3 Å². The molecule has 204 valence electrons. The number of carboxylic acid groups (broad SMARTS) is 1. The zero-order valence-electron chi connectivity index (χ0n) is 23.0. The molecular formula is C32H38N4O3. The van der Waals surface area contributed by atoms with Crippen molar-refractivity contribution in [2.24, 2.45) is 7.05 Å². The van der Waals surface area contributed by atoms with Crippen LogP contribution in [0.2, 0.25) is 0 Å². The highest BCUT2D eigenvalue weighted by Crippen LogP contribution is 2.34. The van der Waals surface area contributed by atoms with Crippen LogP contribution < -0.4 is 5.32 Å². The number of carbonyl (C=O) groups is 2. The lowest BCUT2D eigenvalue weighted by atomic mass is 9.89. The molecule has 0 unspecified atom stereocenters. The second-order valence-electron chi connectivity index (χ2n) is 11.4. The van der Waals surface area contributed by atoms with Crippen LogP contribution in [0.15, 0.2) is 42.5 Å². The van der Waals surface area contributed by atoms with Gasteiger partial charge in [0.05, 0.1) is 5.56 Å². The van der Waals surface area contributed by atoms with Crippen molar-refractivity contribution in [1.29, 1.82) is 0 Å². The van der Waals surface area contributed by atoms with E-state index in [9.17, 15) is 14.7 Å². The smallest absolute Gasteiger partial charge is 0.337 e. The number of likely N-dealkylation sites (tertiary alicyclic amines) is 1. The number of benzene rings is 2. The summed E-state index contributed by atoms with van der Waals surface area (Å²) in [6, 6.07) is 14.5. The van der Waals surface area contributed by atoms with Gasteiger partial charge in [0.2, 0.25) is 0 Å². The molecule has 3 aliphatic rings. The number of hydrogen-bond donors (Lipinski definition) is 2. The molecule has 1 fully saturated rings. The third-order valence-electron chi connectivity index (χ3n) is 9.03. The first-order chi connectivity index (χ1) is 18.9. The zero-order valence-corrected chi connectivity index (χ0v) is 23.0. The van der Waals surface area contributed by atoms with Crippen molar-refractivity contribution in [1.82, 2.24) is 19.7 Å². The summed E-state index contributed by atoms with van der Waals surface area (Å²) >= 11 is 0. The molecule has 2 aromatic carbocycles. The Balaban J connectivity index is 1.44. The van der Waals surface area contributed by atoms with E-state index in [1.807, 2.05) is 18.5 Å². The van der Waals surface area contributed by atoms with Gasteiger partial charge in [-0.05, 0) is 92.7 Å². The highest BCUT2D eigenvalue weighted by molar-refractivity contribution is 6.02. The molecule has 7 heteroatoms. The summed E-state index contributed by atoms with van der Waals surface area (Å²) in [4.78, 5) is 31.2. The van der Waals surface area contributed by atoms with Gasteiger partial charge in [0.15, 0.2) is 0 Å². The fourth-order valence-electron chi connectivity index (χ4n) is 6.68. The second-order valence-corrected chi connectivity index (χ2v) is 11.4. The molecule has 1 amide bonds. The summed E-state index contributed by atoms with van der Waals surface area (Å²) in [5.74, 6) is -0.913. The van der Waals surface area contributed by atoms with Gasteiger partial charge in [-0.25, -0.2) is 4.79 Å². The predicted octanol–water partition coefficient (Wildman–Crippen LogP) is 4.40. The minimum absolute atomic E-state index is 0.0330. The molecule has 3 aromatic rings. The Kier molecular flexibility index (Phi) is 7.04. The number of carbonyl (C=O) groups excluding carboxylic acids is 1. The van der Waals surface area contributed by atoms with Gasteiger partial charge in [-0.1, -0.05) is 30.7 Å². The minimum atomic E-state index is -0.946. The number of piperidine rings is 1. The van der Waals surface area contributed by atoms with E-state index in [0.29, 0.717) is 17.8 Å². The Bertz CT molecular complexity index is 1420. The maximum Gasteiger partial charge on any atom is 0.337 e. The molecule has 7 nitrogen and oxygen atoms in total. The second kappa shape index (κ2) is 10.6. The van der Waals surface area contributed by atoms with Gasteiger partial charge in [-0.2, -0.15) is 0 Å². The summed E-state index contributed by atoms with van der Waals surface area (Å²) < 4.78 is 1.92. The Morgan fingerprint density at radius 2 is 1.74 bits per heavy atom. The van der Waals surface area contributed by atoms with Crippen molar-refractivity contribution in [3.05, 3.63) is 81.5 Å². The molecule has 0 radical (unpaired) electrons. The molecule has 1 atom stereocenters. The van der Waals surface area contributed by atoms with E-state index in [0.717, 1.165) is 62.4 Å². The monoisotopic (exact) mass is 526 g/mol. The van der Waals surface area contributed by atoms with Crippen LogP contribution in [-0.4, -0.2) is 63.6 Å². The predicted molar refractivity (Wildman–Crippen MR) is 152 cm³/mol. The number of aromatic nitrogens is 1. The fraction of sp³-hybridized carbons (Fsp3) is 0.438. The molecule has 1 saturated heterocycles. The average Bonchev–Trinajstić information content (AvgIpc) is 3.26. The van der Waals surface area contributed by atoms with E-state index in [1.165, 1.54) is 36.0 Å². The van der Waals surface area contributed by atoms with Gasteiger partial charge in [0.25, 0.3) is 5.91 Å². The van der Waals surface area contributed by atoms with Crippen LogP contribution >= 0.6 is 0 Å². The van der Waals surface area contributed by atoms with Crippen molar-refractivity contribution in [2.75, 3.05) is 26.2 Å². The Morgan fingerprint density at radius 3 is 2.49 bits per heavy atom. The van der Waals surface area contributed by atoms with Crippen LogP contribution in [0.3, 0.4) is 0 Å². The molecule has 0 spiro atoms. The lowest BCUT2D eigenvalue weighted by Gasteiger charge is -2.41. The molecule has 39 heavy (non-hydrogen) atoms. The maximum absolute atomic E-state index is 14.6. The summed E-state index contributed by atoms with van der Waals surface area (Å²) in [5.41, 5.74) is 8.16. The average molecular weight is 527 g/mol. The quantitative estimate of drug-likeness (QED) is 0.516. The van der Waals surface area contributed by atoms with E-state index in [-0.39, 0.29) is 17.5 Å². The molecular weight excluding hydrogens is 488 g/mol. The number of amides is 1. The molecule has 0 bridgehead atoms. The van der Waals surface area contributed by atoms with Gasteiger partial charge in [0, 0.05) is 55.2 Å². The van der Waals surface area contributed by atoms with Crippen molar-refractivity contribution < 1.29 is 14.7 Å². The molecule has 0 aliphatic carbocycles. The van der Waals surface area contributed by atoms with Crippen LogP contribution in [0.5, 0.6) is 0 Å². The maximum atomic E-state index is 14.6. The molecule has 6 rings (SSSR count). The van der Waals surface area contributed by atoms with Gasteiger partial charge in [0.1, 0.15) is 0 Å². The fourth-order valence-corrected chi connectivity index (χ4v) is 6.68. The standard InChI is InChI=1S/C32H38N4O3/c1-21-27(32(38)39)17-30(34(21)2)28-15-23-10-11-33-18-25(23)16-29(28)31(37)36-19-24-9-5-4-8-22(24)14-26(36)20-35-12-6-3-7-13-35/h4-5,8-9,15-17,26,33H,3,6-7,10-14,18-20H2,1-2H3,(H,38,39)/t26-/m0/s1. The van der Waals surface area contributed by atoms with Gasteiger partial charge in [-0.15, -0.1) is 0 Å². The first-order valence-electron chi connectivity index (χ1n) is 14.3. The minimum Gasteiger partial charge on any atom is -0.478 e. The number of nitrogens with one attached hydrogen (secondary N) is 1. The first kappa shape index (κ1) is 25.8. The summed E-state index contributed by atoms with van der Waals surface area (Å²) in [6.07, 6.45) is 5.47. The van der Waals surface area contributed by atoms with Crippen molar-refractivity contribution in [2.45, 2.75) is 58.2 Å². The summed E-state index contributed by atoms with van der Waals surface area (Å²) in [6.45, 7) is 7.12. The third-order valence-corrected chi connectivity index (χ3v) is 9.03. The number of carboxylic acids is 1. The highest BCUT2D eigenvalue weighted by atomic mass is 16.4. The zero-order chi connectivity index (χ0) is 27.1. The number of hydrogen-bond acceptors (Lipinski definition) is 4. The van der Waals surface area contributed by atoms with E-state index < -0.39 is 5.97 Å². The van der Waals surface area contributed by atoms with Crippen LogP contribution in [0, 0.1) is 6.92 Å². The topological polar surface area (TPSA) is 77.8 Å². The molecule has 1 aromatic heterocycles. The normalized spacial score (nSPS) is 19.4.